The van der Waals surface area contributed by atoms with Gasteiger partial charge in [-0.05, 0) is 40.6 Å². The summed E-state index contributed by atoms with van der Waals surface area (Å²) in [4.78, 5) is 12.0. The van der Waals surface area contributed by atoms with Crippen molar-refractivity contribution < 1.29 is 9.90 Å². The van der Waals surface area contributed by atoms with Crippen LogP contribution >= 0.6 is 0 Å². The third-order valence-corrected chi connectivity index (χ3v) is 3.33. The molecule has 3 heteroatoms. The van der Waals surface area contributed by atoms with Crippen molar-refractivity contribution in [3.8, 4) is 5.75 Å². The van der Waals surface area contributed by atoms with Crippen molar-refractivity contribution in [3.05, 3.63) is 72.3 Å². The van der Waals surface area contributed by atoms with Gasteiger partial charge in [-0.1, -0.05) is 42.5 Å². The van der Waals surface area contributed by atoms with Gasteiger partial charge in [0, 0.05) is 5.69 Å². The van der Waals surface area contributed by atoms with E-state index in [0.717, 1.165) is 22.0 Å². The van der Waals surface area contributed by atoms with Crippen LogP contribution < -0.4 is 5.32 Å². The summed E-state index contributed by atoms with van der Waals surface area (Å²) in [6.07, 6.45) is 0.285. The molecule has 0 unspecified atom stereocenters. The summed E-state index contributed by atoms with van der Waals surface area (Å²) in [5.74, 6) is 0.129. The molecule has 0 fully saturated rings. The lowest BCUT2D eigenvalue weighted by molar-refractivity contribution is -0.115. The van der Waals surface area contributed by atoms with E-state index in [2.05, 4.69) is 5.32 Å². The standard InChI is InChI=1S/C18H15NO2/c20-17-9-5-13(6-10-17)11-18(21)19-16-8-7-14-3-1-2-4-15(14)12-16/h1-10,12,20H,11H2,(H,19,21). The first-order chi connectivity index (χ1) is 10.2. The molecule has 3 aromatic rings. The molecule has 3 aromatic carbocycles. The molecule has 0 aliphatic rings. The highest BCUT2D eigenvalue weighted by molar-refractivity contribution is 5.95. The highest BCUT2D eigenvalue weighted by atomic mass is 16.3. The monoisotopic (exact) mass is 277 g/mol. The molecular weight excluding hydrogens is 262 g/mol. The Morgan fingerprint density at radius 2 is 1.62 bits per heavy atom. The number of fused-ring (bicyclic) bond motifs is 1. The molecule has 104 valence electrons. The van der Waals surface area contributed by atoms with Crippen molar-refractivity contribution in [2.24, 2.45) is 0 Å². The molecule has 3 nitrogen and oxygen atoms in total. The van der Waals surface area contributed by atoms with Gasteiger partial charge in [0.05, 0.1) is 6.42 Å². The molecule has 1 amide bonds. The van der Waals surface area contributed by atoms with Crippen molar-refractivity contribution in [1.29, 1.82) is 0 Å². The van der Waals surface area contributed by atoms with Gasteiger partial charge >= 0.3 is 0 Å². The average molecular weight is 277 g/mol. The molecular formula is C18H15NO2. The lowest BCUT2D eigenvalue weighted by Crippen LogP contribution is -2.14. The van der Waals surface area contributed by atoms with E-state index < -0.39 is 0 Å². The molecule has 0 aromatic heterocycles. The van der Waals surface area contributed by atoms with Crippen LogP contribution in [0.3, 0.4) is 0 Å². The average Bonchev–Trinajstić information content (AvgIpc) is 2.49. The van der Waals surface area contributed by atoms with Gasteiger partial charge < -0.3 is 10.4 Å². The fourth-order valence-corrected chi connectivity index (χ4v) is 2.27. The Morgan fingerprint density at radius 1 is 0.905 bits per heavy atom. The van der Waals surface area contributed by atoms with Crippen LogP contribution in [-0.4, -0.2) is 11.0 Å². The predicted molar refractivity (Wildman–Crippen MR) is 84.4 cm³/mol. The van der Waals surface area contributed by atoms with E-state index in [4.69, 9.17) is 0 Å². The third kappa shape index (κ3) is 3.20. The number of phenolic OH excluding ortho intramolecular Hbond substituents is 1. The van der Waals surface area contributed by atoms with Gasteiger partial charge in [-0.25, -0.2) is 0 Å². The number of phenols is 1. The van der Waals surface area contributed by atoms with Crippen molar-refractivity contribution in [3.63, 3.8) is 0 Å². The van der Waals surface area contributed by atoms with Crippen LogP contribution in [0.15, 0.2) is 66.7 Å². The maximum absolute atomic E-state index is 12.0. The number of carbonyl (C=O) groups is 1. The quantitative estimate of drug-likeness (QED) is 0.766. The van der Waals surface area contributed by atoms with Gasteiger partial charge in [0.2, 0.25) is 5.91 Å². The number of rotatable bonds is 3. The number of hydrogen-bond donors (Lipinski definition) is 2. The zero-order chi connectivity index (χ0) is 14.7. The van der Waals surface area contributed by atoms with Gasteiger partial charge in [-0.3, -0.25) is 4.79 Å². The van der Waals surface area contributed by atoms with Gasteiger partial charge in [0.15, 0.2) is 0 Å². The van der Waals surface area contributed by atoms with Gasteiger partial charge in [-0.2, -0.15) is 0 Å². The Kier molecular flexibility index (Phi) is 3.56. The lowest BCUT2D eigenvalue weighted by Gasteiger charge is -2.07. The molecule has 21 heavy (non-hydrogen) atoms. The largest absolute Gasteiger partial charge is 0.508 e. The highest BCUT2D eigenvalue weighted by Gasteiger charge is 2.05. The summed E-state index contributed by atoms with van der Waals surface area (Å²) in [7, 11) is 0. The van der Waals surface area contributed by atoms with Crippen LogP contribution in [0.1, 0.15) is 5.56 Å². The summed E-state index contributed by atoms with van der Waals surface area (Å²) >= 11 is 0. The van der Waals surface area contributed by atoms with Gasteiger partial charge in [0.25, 0.3) is 0 Å². The maximum atomic E-state index is 12.0. The van der Waals surface area contributed by atoms with Crippen LogP contribution in [0.25, 0.3) is 10.8 Å². The molecule has 0 spiro atoms. The minimum absolute atomic E-state index is 0.0732. The van der Waals surface area contributed by atoms with Crippen molar-refractivity contribution in [2.75, 3.05) is 5.32 Å². The van der Waals surface area contributed by atoms with E-state index in [9.17, 15) is 9.90 Å². The summed E-state index contributed by atoms with van der Waals surface area (Å²) in [5.41, 5.74) is 1.66. The van der Waals surface area contributed by atoms with E-state index in [1.165, 1.54) is 0 Å². The number of amides is 1. The zero-order valence-corrected chi connectivity index (χ0v) is 11.4. The van der Waals surface area contributed by atoms with E-state index in [-0.39, 0.29) is 18.1 Å². The molecule has 0 radical (unpaired) electrons. The molecule has 3 rings (SSSR count). The molecule has 0 bridgehead atoms. The van der Waals surface area contributed by atoms with Crippen molar-refractivity contribution >= 4 is 22.4 Å². The number of aromatic hydroxyl groups is 1. The Labute approximate surface area is 122 Å². The third-order valence-electron chi connectivity index (χ3n) is 3.33. The smallest absolute Gasteiger partial charge is 0.228 e. The molecule has 0 saturated heterocycles. The van der Waals surface area contributed by atoms with Crippen LogP contribution in [0.4, 0.5) is 5.69 Å². The number of nitrogens with one attached hydrogen (secondary N) is 1. The summed E-state index contributed by atoms with van der Waals surface area (Å²) in [6, 6.07) is 20.5. The molecule has 0 saturated carbocycles. The highest BCUT2D eigenvalue weighted by Crippen LogP contribution is 2.19. The van der Waals surface area contributed by atoms with Crippen LogP contribution in [-0.2, 0) is 11.2 Å². The predicted octanol–water partition coefficient (Wildman–Crippen LogP) is 3.73. The lowest BCUT2D eigenvalue weighted by atomic mass is 10.1. The van der Waals surface area contributed by atoms with E-state index in [0.29, 0.717) is 0 Å². The van der Waals surface area contributed by atoms with Gasteiger partial charge in [0.1, 0.15) is 5.75 Å². The summed E-state index contributed by atoms with van der Waals surface area (Å²) in [5, 5.41) is 14.4. The fraction of sp³-hybridized carbons (Fsp3) is 0.0556. The molecule has 0 aliphatic carbocycles. The van der Waals surface area contributed by atoms with Crippen LogP contribution in [0.5, 0.6) is 5.75 Å². The van der Waals surface area contributed by atoms with Crippen LogP contribution in [0.2, 0.25) is 0 Å². The number of anilines is 1. The second-order valence-corrected chi connectivity index (χ2v) is 4.95. The van der Waals surface area contributed by atoms with Gasteiger partial charge in [-0.15, -0.1) is 0 Å². The molecule has 0 aliphatic heterocycles. The summed E-state index contributed by atoms with van der Waals surface area (Å²) in [6.45, 7) is 0. The maximum Gasteiger partial charge on any atom is 0.228 e. The summed E-state index contributed by atoms with van der Waals surface area (Å²) < 4.78 is 0. The van der Waals surface area contributed by atoms with E-state index >= 15 is 0 Å². The fourth-order valence-electron chi connectivity index (χ4n) is 2.27. The second-order valence-electron chi connectivity index (χ2n) is 4.95. The van der Waals surface area contributed by atoms with E-state index in [1.807, 2.05) is 42.5 Å². The first-order valence-electron chi connectivity index (χ1n) is 6.77. The van der Waals surface area contributed by atoms with Crippen LogP contribution in [0, 0.1) is 0 Å². The minimum Gasteiger partial charge on any atom is -0.508 e. The first kappa shape index (κ1) is 13.2. The zero-order valence-electron chi connectivity index (χ0n) is 11.4. The Morgan fingerprint density at radius 3 is 2.38 bits per heavy atom. The van der Waals surface area contributed by atoms with E-state index in [1.54, 1.807) is 24.3 Å². The topological polar surface area (TPSA) is 49.3 Å². The number of hydrogen-bond acceptors (Lipinski definition) is 2. The Balaban J connectivity index is 1.72. The minimum atomic E-state index is -0.0732. The number of carbonyl (C=O) groups excluding carboxylic acids is 1. The Hall–Kier alpha value is -2.81. The Bertz CT molecular complexity index is 779. The SMILES string of the molecule is O=C(Cc1ccc(O)cc1)Nc1ccc2ccccc2c1. The molecule has 0 heterocycles. The van der Waals surface area contributed by atoms with Crippen molar-refractivity contribution in [2.45, 2.75) is 6.42 Å². The van der Waals surface area contributed by atoms with Crippen molar-refractivity contribution in [1.82, 2.24) is 0 Å². The first-order valence-corrected chi connectivity index (χ1v) is 6.77. The number of benzene rings is 3. The second kappa shape index (κ2) is 5.67. The molecule has 0 atom stereocenters. The molecule has 2 N–H and O–H groups in total. The normalized spacial score (nSPS) is 10.5.